The highest BCUT2D eigenvalue weighted by molar-refractivity contribution is 6.32. The molecule has 98 valence electrons. The number of rotatable bonds is 0. The second-order valence-corrected chi connectivity index (χ2v) is 5.45. The number of benzene rings is 1. The van der Waals surface area contributed by atoms with Crippen LogP contribution >= 0.6 is 11.6 Å². The Bertz CT molecular complexity index is 692. The molecule has 19 heavy (non-hydrogen) atoms. The molecule has 0 saturated carbocycles. The summed E-state index contributed by atoms with van der Waals surface area (Å²) < 4.78 is 6.36. The smallest absolute Gasteiger partial charge is 0.435 e. The Morgan fingerprint density at radius 3 is 2.74 bits per heavy atom. The minimum atomic E-state index is -0.611. The lowest BCUT2D eigenvalue weighted by molar-refractivity contribution is 0.0523. The first-order valence-corrected chi connectivity index (χ1v) is 6.00. The number of halogens is 1. The van der Waals surface area contributed by atoms with Gasteiger partial charge in [-0.2, -0.15) is 15.0 Å². The van der Waals surface area contributed by atoms with E-state index in [9.17, 15) is 4.79 Å². The molecule has 0 atom stereocenters. The van der Waals surface area contributed by atoms with Crippen molar-refractivity contribution in [2.75, 3.05) is 0 Å². The van der Waals surface area contributed by atoms with Crippen molar-refractivity contribution in [2.45, 2.75) is 26.4 Å². The summed E-state index contributed by atoms with van der Waals surface area (Å²) in [5.74, 6) is 0. The maximum atomic E-state index is 12.0. The second kappa shape index (κ2) is 4.56. The molecule has 0 unspecified atom stereocenters. The van der Waals surface area contributed by atoms with E-state index in [-0.39, 0.29) is 0 Å². The summed E-state index contributed by atoms with van der Waals surface area (Å²) in [5.41, 5.74) is 0.175. The van der Waals surface area contributed by atoms with Crippen molar-refractivity contribution in [3.63, 3.8) is 0 Å². The van der Waals surface area contributed by atoms with E-state index >= 15 is 0 Å². The highest BCUT2D eigenvalue weighted by atomic mass is 35.5. The summed E-state index contributed by atoms with van der Waals surface area (Å²) >= 11 is 5.92. The summed E-state index contributed by atoms with van der Waals surface area (Å²) in [6.45, 7) is 5.32. The van der Waals surface area contributed by atoms with Crippen LogP contribution in [0.15, 0.2) is 18.3 Å². The molecule has 2 rings (SSSR count). The fourth-order valence-electron chi connectivity index (χ4n) is 1.58. The van der Waals surface area contributed by atoms with Crippen LogP contribution in [0, 0.1) is 11.3 Å². The van der Waals surface area contributed by atoms with Crippen LogP contribution in [0.25, 0.3) is 10.9 Å². The standard InChI is InChI=1S/C13H12ClN3O2/c1-13(2,3)19-12(18)17-11-5-8(6-15)10(14)4-9(11)7-16-17/h4-5,7H,1-3H3. The second-order valence-electron chi connectivity index (χ2n) is 5.04. The van der Waals surface area contributed by atoms with Crippen molar-refractivity contribution in [2.24, 2.45) is 0 Å². The van der Waals surface area contributed by atoms with E-state index in [1.54, 1.807) is 26.8 Å². The molecule has 1 aromatic heterocycles. The number of hydrogen-bond acceptors (Lipinski definition) is 4. The molecule has 0 radical (unpaired) electrons. The first-order chi connectivity index (χ1) is 8.81. The predicted octanol–water partition coefficient (Wildman–Crippen LogP) is 3.34. The minimum Gasteiger partial charge on any atom is -0.442 e. The van der Waals surface area contributed by atoms with Gasteiger partial charge in [0.05, 0.1) is 22.3 Å². The lowest BCUT2D eigenvalue weighted by Gasteiger charge is -2.19. The Labute approximate surface area is 115 Å². The van der Waals surface area contributed by atoms with E-state index in [4.69, 9.17) is 21.6 Å². The quantitative estimate of drug-likeness (QED) is 0.740. The number of aromatic nitrogens is 2. The third-order valence-corrected chi connectivity index (χ3v) is 2.66. The van der Waals surface area contributed by atoms with Gasteiger partial charge in [0, 0.05) is 5.39 Å². The molecule has 1 aromatic carbocycles. The molecular weight excluding hydrogens is 266 g/mol. The summed E-state index contributed by atoms with van der Waals surface area (Å²) in [6.07, 6.45) is 0.917. The van der Waals surface area contributed by atoms with Gasteiger partial charge < -0.3 is 4.74 Å². The molecule has 2 aromatic rings. The molecule has 6 heteroatoms. The molecule has 0 aliphatic rings. The maximum absolute atomic E-state index is 12.0. The fraction of sp³-hybridized carbons (Fsp3) is 0.308. The Kier molecular flexibility index (Phi) is 3.21. The lowest BCUT2D eigenvalue weighted by atomic mass is 10.2. The highest BCUT2D eigenvalue weighted by Gasteiger charge is 2.20. The Hall–Kier alpha value is -2.06. The highest BCUT2D eigenvalue weighted by Crippen LogP contribution is 2.24. The zero-order chi connectivity index (χ0) is 14.2. The van der Waals surface area contributed by atoms with Crippen LogP contribution in [0.5, 0.6) is 0 Å². The van der Waals surface area contributed by atoms with Crippen molar-refractivity contribution in [3.8, 4) is 6.07 Å². The molecule has 0 bridgehead atoms. The van der Waals surface area contributed by atoms with Gasteiger partial charge in [-0.05, 0) is 32.9 Å². The SMILES string of the molecule is CC(C)(C)OC(=O)n1ncc2cc(Cl)c(C#N)cc21. The van der Waals surface area contributed by atoms with E-state index in [1.807, 2.05) is 6.07 Å². The van der Waals surface area contributed by atoms with Crippen LogP contribution < -0.4 is 0 Å². The topological polar surface area (TPSA) is 67.9 Å². The third-order valence-electron chi connectivity index (χ3n) is 2.34. The van der Waals surface area contributed by atoms with Gasteiger partial charge in [0.15, 0.2) is 0 Å². The molecule has 0 aliphatic heterocycles. The van der Waals surface area contributed by atoms with Gasteiger partial charge >= 0.3 is 6.09 Å². The molecular formula is C13H12ClN3O2. The molecule has 0 aliphatic carbocycles. The van der Waals surface area contributed by atoms with Crippen molar-refractivity contribution in [1.82, 2.24) is 9.78 Å². The number of hydrogen-bond donors (Lipinski definition) is 0. The van der Waals surface area contributed by atoms with Gasteiger partial charge in [-0.15, -0.1) is 0 Å². The van der Waals surface area contributed by atoms with Crippen LogP contribution in [-0.2, 0) is 4.74 Å². The number of carbonyl (C=O) groups is 1. The monoisotopic (exact) mass is 277 g/mol. The zero-order valence-electron chi connectivity index (χ0n) is 10.8. The van der Waals surface area contributed by atoms with Crippen LogP contribution in [-0.4, -0.2) is 21.5 Å². The summed E-state index contributed by atoms with van der Waals surface area (Å²) in [4.78, 5) is 12.0. The summed E-state index contributed by atoms with van der Waals surface area (Å²) in [7, 11) is 0. The van der Waals surface area contributed by atoms with E-state index in [1.165, 1.54) is 12.3 Å². The fourth-order valence-corrected chi connectivity index (χ4v) is 1.80. The summed E-state index contributed by atoms with van der Waals surface area (Å²) in [6, 6.07) is 5.09. The van der Waals surface area contributed by atoms with Crippen LogP contribution in [0.4, 0.5) is 4.79 Å². The van der Waals surface area contributed by atoms with E-state index in [2.05, 4.69) is 5.10 Å². The number of carbonyl (C=O) groups excluding carboxylic acids is 1. The molecule has 5 nitrogen and oxygen atoms in total. The van der Waals surface area contributed by atoms with Crippen LogP contribution in [0.2, 0.25) is 5.02 Å². The normalized spacial score (nSPS) is 11.3. The maximum Gasteiger partial charge on any atom is 0.435 e. The van der Waals surface area contributed by atoms with E-state index in [0.29, 0.717) is 21.5 Å². The van der Waals surface area contributed by atoms with Gasteiger partial charge in [-0.25, -0.2) is 4.79 Å². The van der Waals surface area contributed by atoms with Crippen molar-refractivity contribution in [3.05, 3.63) is 28.9 Å². The first-order valence-electron chi connectivity index (χ1n) is 5.62. The van der Waals surface area contributed by atoms with Gasteiger partial charge in [0.2, 0.25) is 0 Å². The average Bonchev–Trinajstić information content (AvgIpc) is 2.68. The van der Waals surface area contributed by atoms with Crippen LogP contribution in [0.1, 0.15) is 26.3 Å². The molecule has 0 N–H and O–H groups in total. The molecule has 0 amide bonds. The van der Waals surface area contributed by atoms with Crippen molar-refractivity contribution < 1.29 is 9.53 Å². The van der Waals surface area contributed by atoms with Gasteiger partial charge in [-0.3, -0.25) is 0 Å². The first kappa shape index (κ1) is 13.4. The Balaban J connectivity index is 2.51. The average molecular weight is 278 g/mol. The van der Waals surface area contributed by atoms with Gasteiger partial charge in [0.25, 0.3) is 0 Å². The van der Waals surface area contributed by atoms with Crippen molar-refractivity contribution in [1.29, 1.82) is 5.26 Å². The van der Waals surface area contributed by atoms with E-state index < -0.39 is 11.7 Å². The lowest BCUT2D eigenvalue weighted by Crippen LogP contribution is -2.27. The predicted molar refractivity (Wildman–Crippen MR) is 71.1 cm³/mol. The Morgan fingerprint density at radius 2 is 2.16 bits per heavy atom. The molecule has 0 spiro atoms. The van der Waals surface area contributed by atoms with Crippen LogP contribution in [0.3, 0.4) is 0 Å². The Morgan fingerprint density at radius 1 is 1.47 bits per heavy atom. The number of nitrogens with zero attached hydrogens (tertiary/aromatic N) is 3. The number of nitriles is 1. The molecule has 0 saturated heterocycles. The largest absolute Gasteiger partial charge is 0.442 e. The van der Waals surface area contributed by atoms with E-state index in [0.717, 1.165) is 4.68 Å². The number of ether oxygens (including phenoxy) is 1. The summed E-state index contributed by atoms with van der Waals surface area (Å²) in [5, 5.41) is 13.9. The number of fused-ring (bicyclic) bond motifs is 1. The van der Waals surface area contributed by atoms with Gasteiger partial charge in [0.1, 0.15) is 11.7 Å². The van der Waals surface area contributed by atoms with Gasteiger partial charge in [-0.1, -0.05) is 11.6 Å². The van der Waals surface area contributed by atoms with Crippen molar-refractivity contribution >= 4 is 28.6 Å². The minimum absolute atomic E-state index is 0.291. The zero-order valence-corrected chi connectivity index (χ0v) is 11.5. The molecule has 1 heterocycles. The third kappa shape index (κ3) is 2.69. The molecule has 0 fully saturated rings.